The van der Waals surface area contributed by atoms with Gasteiger partial charge in [0.05, 0.1) is 7.11 Å². The maximum atomic E-state index is 11.9. The number of nitrogens with one attached hydrogen (secondary N) is 2. The first-order chi connectivity index (χ1) is 12.1. The van der Waals surface area contributed by atoms with Gasteiger partial charge in [-0.2, -0.15) is 0 Å². The first kappa shape index (κ1) is 18.3. The van der Waals surface area contributed by atoms with Gasteiger partial charge in [-0.1, -0.05) is 29.8 Å². The van der Waals surface area contributed by atoms with Crippen LogP contribution in [-0.2, 0) is 4.79 Å². The SMILES string of the molecule is COc1ccc(C)cc1/C=C/C(=O)NCCNC(=O)c1ccccc1. The Morgan fingerprint density at radius 3 is 2.48 bits per heavy atom. The average molecular weight is 338 g/mol. The van der Waals surface area contributed by atoms with Crippen LogP contribution in [0.2, 0.25) is 0 Å². The summed E-state index contributed by atoms with van der Waals surface area (Å²) in [6, 6.07) is 14.7. The van der Waals surface area contributed by atoms with Crippen molar-refractivity contribution >= 4 is 17.9 Å². The molecule has 0 atom stereocenters. The molecule has 130 valence electrons. The molecule has 0 heterocycles. The maximum Gasteiger partial charge on any atom is 0.251 e. The number of hydrogen-bond donors (Lipinski definition) is 2. The molecule has 2 rings (SSSR count). The summed E-state index contributed by atoms with van der Waals surface area (Å²) < 4.78 is 5.27. The van der Waals surface area contributed by atoms with Crippen LogP contribution in [0.5, 0.6) is 5.75 Å². The smallest absolute Gasteiger partial charge is 0.251 e. The fraction of sp³-hybridized carbons (Fsp3) is 0.200. The number of rotatable bonds is 7. The molecule has 2 amide bonds. The van der Waals surface area contributed by atoms with Gasteiger partial charge >= 0.3 is 0 Å². The Morgan fingerprint density at radius 1 is 1.04 bits per heavy atom. The van der Waals surface area contributed by atoms with Crippen LogP contribution in [0.1, 0.15) is 21.5 Å². The lowest BCUT2D eigenvalue weighted by Gasteiger charge is -2.07. The number of amides is 2. The topological polar surface area (TPSA) is 67.4 Å². The zero-order valence-corrected chi connectivity index (χ0v) is 14.4. The Labute approximate surface area is 147 Å². The van der Waals surface area contributed by atoms with Gasteiger partial charge in [0, 0.05) is 30.3 Å². The Morgan fingerprint density at radius 2 is 1.76 bits per heavy atom. The van der Waals surface area contributed by atoms with Crippen LogP contribution < -0.4 is 15.4 Å². The van der Waals surface area contributed by atoms with Crippen molar-refractivity contribution in [3.05, 3.63) is 71.3 Å². The largest absolute Gasteiger partial charge is 0.496 e. The highest BCUT2D eigenvalue weighted by molar-refractivity contribution is 5.94. The van der Waals surface area contributed by atoms with Crippen molar-refractivity contribution in [2.75, 3.05) is 20.2 Å². The summed E-state index contributed by atoms with van der Waals surface area (Å²) >= 11 is 0. The summed E-state index contributed by atoms with van der Waals surface area (Å²) in [6.07, 6.45) is 3.17. The van der Waals surface area contributed by atoms with Gasteiger partial charge in [-0.3, -0.25) is 9.59 Å². The molecule has 5 nitrogen and oxygen atoms in total. The molecule has 25 heavy (non-hydrogen) atoms. The van der Waals surface area contributed by atoms with E-state index in [1.807, 2.05) is 31.2 Å². The van der Waals surface area contributed by atoms with Gasteiger partial charge in [0.1, 0.15) is 5.75 Å². The van der Waals surface area contributed by atoms with Crippen LogP contribution in [0.15, 0.2) is 54.6 Å². The van der Waals surface area contributed by atoms with Gasteiger partial charge in [-0.25, -0.2) is 0 Å². The third kappa shape index (κ3) is 5.80. The van der Waals surface area contributed by atoms with E-state index >= 15 is 0 Å². The second kappa shape index (κ2) is 9.27. The highest BCUT2D eigenvalue weighted by Gasteiger charge is 2.04. The second-order valence-electron chi connectivity index (χ2n) is 5.49. The lowest BCUT2D eigenvalue weighted by atomic mass is 10.1. The number of carbonyl (C=O) groups is 2. The molecule has 0 bridgehead atoms. The van der Waals surface area contributed by atoms with E-state index in [0.29, 0.717) is 24.4 Å². The Kier molecular flexibility index (Phi) is 6.77. The Bertz CT molecular complexity index is 755. The van der Waals surface area contributed by atoms with Crippen molar-refractivity contribution in [2.24, 2.45) is 0 Å². The fourth-order valence-electron chi connectivity index (χ4n) is 2.26. The minimum atomic E-state index is -0.225. The lowest BCUT2D eigenvalue weighted by molar-refractivity contribution is -0.116. The third-order valence-electron chi connectivity index (χ3n) is 3.55. The van der Waals surface area contributed by atoms with Gasteiger partial charge < -0.3 is 15.4 Å². The molecule has 0 saturated carbocycles. The van der Waals surface area contributed by atoms with E-state index in [9.17, 15) is 9.59 Å². The number of ether oxygens (including phenoxy) is 1. The quantitative estimate of drug-likeness (QED) is 0.602. The van der Waals surface area contributed by atoms with Crippen LogP contribution in [0, 0.1) is 6.92 Å². The molecule has 0 fully saturated rings. The maximum absolute atomic E-state index is 11.9. The highest BCUT2D eigenvalue weighted by atomic mass is 16.5. The molecule has 0 aliphatic rings. The van der Waals surface area contributed by atoms with E-state index in [-0.39, 0.29) is 11.8 Å². The van der Waals surface area contributed by atoms with Gasteiger partial charge in [0.25, 0.3) is 5.91 Å². The van der Waals surface area contributed by atoms with Crippen LogP contribution in [0.25, 0.3) is 6.08 Å². The molecular weight excluding hydrogens is 316 g/mol. The molecule has 2 aromatic rings. The average Bonchev–Trinajstić information content (AvgIpc) is 2.64. The van der Waals surface area contributed by atoms with Gasteiger partial charge in [0.2, 0.25) is 5.91 Å². The van der Waals surface area contributed by atoms with Crippen LogP contribution in [0.4, 0.5) is 0 Å². The van der Waals surface area contributed by atoms with Crippen molar-refractivity contribution in [2.45, 2.75) is 6.92 Å². The number of methoxy groups -OCH3 is 1. The Hall–Kier alpha value is -3.08. The van der Waals surface area contributed by atoms with Gasteiger partial charge in [-0.15, -0.1) is 0 Å². The van der Waals surface area contributed by atoms with E-state index in [1.54, 1.807) is 37.5 Å². The number of carbonyl (C=O) groups excluding carboxylic acids is 2. The highest BCUT2D eigenvalue weighted by Crippen LogP contribution is 2.20. The summed E-state index contributed by atoms with van der Waals surface area (Å²) in [6.45, 7) is 2.69. The zero-order valence-electron chi connectivity index (χ0n) is 14.4. The van der Waals surface area contributed by atoms with E-state index in [0.717, 1.165) is 11.1 Å². The molecule has 0 aliphatic heterocycles. The molecular formula is C20H22N2O3. The van der Waals surface area contributed by atoms with E-state index in [2.05, 4.69) is 10.6 Å². The minimum absolute atomic E-state index is 0.158. The molecule has 0 saturated heterocycles. The molecule has 0 unspecified atom stereocenters. The third-order valence-corrected chi connectivity index (χ3v) is 3.55. The first-order valence-electron chi connectivity index (χ1n) is 8.04. The predicted molar refractivity (Wildman–Crippen MR) is 98.5 cm³/mol. The molecule has 0 spiro atoms. The van der Waals surface area contributed by atoms with Crippen molar-refractivity contribution in [1.82, 2.24) is 10.6 Å². The van der Waals surface area contributed by atoms with Crippen LogP contribution in [-0.4, -0.2) is 32.0 Å². The summed E-state index contributed by atoms with van der Waals surface area (Å²) in [5.41, 5.74) is 2.53. The lowest BCUT2D eigenvalue weighted by Crippen LogP contribution is -2.33. The predicted octanol–water partition coefficient (Wildman–Crippen LogP) is 2.56. The fourth-order valence-corrected chi connectivity index (χ4v) is 2.26. The van der Waals surface area contributed by atoms with E-state index in [1.165, 1.54) is 6.08 Å². The van der Waals surface area contributed by atoms with Crippen molar-refractivity contribution in [1.29, 1.82) is 0 Å². The summed E-state index contributed by atoms with van der Waals surface area (Å²) in [5, 5.41) is 5.49. The number of benzene rings is 2. The van der Waals surface area contributed by atoms with Crippen molar-refractivity contribution in [3.8, 4) is 5.75 Å². The molecule has 2 aromatic carbocycles. The normalized spacial score (nSPS) is 10.5. The van der Waals surface area contributed by atoms with E-state index < -0.39 is 0 Å². The molecule has 0 radical (unpaired) electrons. The van der Waals surface area contributed by atoms with Crippen molar-refractivity contribution in [3.63, 3.8) is 0 Å². The molecule has 5 heteroatoms. The summed E-state index contributed by atoms with van der Waals surface area (Å²) in [7, 11) is 1.59. The molecule has 0 aromatic heterocycles. The molecule has 0 aliphatic carbocycles. The summed E-state index contributed by atoms with van der Waals surface area (Å²) in [5.74, 6) is 0.331. The van der Waals surface area contributed by atoms with Crippen LogP contribution >= 0.6 is 0 Å². The van der Waals surface area contributed by atoms with Crippen LogP contribution in [0.3, 0.4) is 0 Å². The minimum Gasteiger partial charge on any atom is -0.496 e. The summed E-state index contributed by atoms with van der Waals surface area (Å²) in [4.78, 5) is 23.7. The number of hydrogen-bond acceptors (Lipinski definition) is 3. The molecule has 2 N–H and O–H groups in total. The van der Waals surface area contributed by atoms with E-state index in [4.69, 9.17) is 4.74 Å². The number of aryl methyl sites for hydroxylation is 1. The van der Waals surface area contributed by atoms with Gasteiger partial charge in [0.15, 0.2) is 0 Å². The second-order valence-corrected chi connectivity index (χ2v) is 5.49. The standard InChI is InChI=1S/C20H22N2O3/c1-15-8-10-18(25-2)17(14-15)9-11-19(23)21-12-13-22-20(24)16-6-4-3-5-7-16/h3-11,14H,12-13H2,1-2H3,(H,21,23)(H,22,24)/b11-9+. The zero-order chi connectivity index (χ0) is 18.1. The Balaban J connectivity index is 1.77. The monoisotopic (exact) mass is 338 g/mol. The van der Waals surface area contributed by atoms with Gasteiger partial charge in [-0.05, 0) is 37.3 Å². The van der Waals surface area contributed by atoms with Crippen molar-refractivity contribution < 1.29 is 14.3 Å². The first-order valence-corrected chi connectivity index (χ1v) is 8.04.